The number of pyridine rings is 1. The van der Waals surface area contributed by atoms with Crippen LogP contribution in [0.5, 0.6) is 0 Å². The summed E-state index contributed by atoms with van der Waals surface area (Å²) in [6, 6.07) is 1.34. The van der Waals surface area contributed by atoms with Crippen molar-refractivity contribution in [3.05, 3.63) is 34.2 Å². The smallest absolute Gasteiger partial charge is 0.343 e. The number of nitrogens with zero attached hydrogens (tertiary/aromatic N) is 1. The van der Waals surface area contributed by atoms with Gasteiger partial charge in [-0.15, -0.1) is 0 Å². The van der Waals surface area contributed by atoms with Crippen LogP contribution in [0.25, 0.3) is 0 Å². The highest BCUT2D eigenvalue weighted by Gasteiger charge is 2.10. The fraction of sp³-hybridized carbons (Fsp3) is 0.333. The van der Waals surface area contributed by atoms with Crippen LogP contribution in [0.4, 0.5) is 0 Å². The van der Waals surface area contributed by atoms with Gasteiger partial charge in [0.05, 0.1) is 6.61 Å². The van der Waals surface area contributed by atoms with Crippen LogP contribution in [-0.4, -0.2) is 17.1 Å². The SMILES string of the molecule is CCOC(=O)c1cn(C)ccc1=O. The predicted octanol–water partition coefficient (Wildman–Crippen LogP) is 0.562. The Morgan fingerprint density at radius 3 is 2.92 bits per heavy atom. The fourth-order valence-corrected chi connectivity index (χ4v) is 0.947. The Balaban J connectivity index is 3.06. The van der Waals surface area contributed by atoms with Crippen LogP contribution in [0.2, 0.25) is 0 Å². The van der Waals surface area contributed by atoms with Gasteiger partial charge in [-0.05, 0) is 6.92 Å². The molecule has 1 aromatic heterocycles. The molecule has 0 saturated heterocycles. The number of aromatic nitrogens is 1. The molecule has 0 unspecified atom stereocenters. The lowest BCUT2D eigenvalue weighted by Gasteiger charge is -2.02. The van der Waals surface area contributed by atoms with Crippen LogP contribution < -0.4 is 5.43 Å². The second-order valence-electron chi connectivity index (χ2n) is 2.61. The van der Waals surface area contributed by atoms with E-state index < -0.39 is 5.97 Å². The Morgan fingerprint density at radius 2 is 2.31 bits per heavy atom. The summed E-state index contributed by atoms with van der Waals surface area (Å²) in [7, 11) is 1.74. The highest BCUT2D eigenvalue weighted by atomic mass is 16.5. The van der Waals surface area contributed by atoms with Gasteiger partial charge in [0, 0.05) is 25.5 Å². The molecule has 0 aliphatic carbocycles. The third-order valence-corrected chi connectivity index (χ3v) is 1.55. The first-order valence-corrected chi connectivity index (χ1v) is 3.98. The topological polar surface area (TPSA) is 48.3 Å². The van der Waals surface area contributed by atoms with Crippen molar-refractivity contribution in [1.29, 1.82) is 0 Å². The van der Waals surface area contributed by atoms with Gasteiger partial charge in [-0.1, -0.05) is 0 Å². The summed E-state index contributed by atoms with van der Waals surface area (Å²) in [5, 5.41) is 0. The van der Waals surface area contributed by atoms with E-state index in [0.717, 1.165) is 0 Å². The normalized spacial score (nSPS) is 9.69. The maximum atomic E-state index is 11.2. The first kappa shape index (κ1) is 9.51. The average molecular weight is 181 g/mol. The van der Waals surface area contributed by atoms with E-state index in [1.54, 1.807) is 24.7 Å². The number of hydrogen-bond acceptors (Lipinski definition) is 3. The molecule has 0 amide bonds. The lowest BCUT2D eigenvalue weighted by Crippen LogP contribution is -2.18. The van der Waals surface area contributed by atoms with E-state index in [1.165, 1.54) is 12.3 Å². The first-order chi connectivity index (χ1) is 6.15. The number of aryl methyl sites for hydroxylation is 1. The lowest BCUT2D eigenvalue weighted by molar-refractivity contribution is 0.0524. The molecule has 0 aromatic carbocycles. The molecule has 4 heteroatoms. The van der Waals surface area contributed by atoms with Crippen molar-refractivity contribution in [1.82, 2.24) is 4.57 Å². The van der Waals surface area contributed by atoms with E-state index >= 15 is 0 Å². The zero-order chi connectivity index (χ0) is 9.84. The number of ether oxygens (including phenoxy) is 1. The number of carbonyl (C=O) groups is 1. The second-order valence-corrected chi connectivity index (χ2v) is 2.61. The molecule has 13 heavy (non-hydrogen) atoms. The number of hydrogen-bond donors (Lipinski definition) is 0. The Kier molecular flexibility index (Phi) is 2.84. The van der Waals surface area contributed by atoms with E-state index in [2.05, 4.69) is 0 Å². The van der Waals surface area contributed by atoms with Crippen molar-refractivity contribution in [3.63, 3.8) is 0 Å². The lowest BCUT2D eigenvalue weighted by atomic mass is 10.3. The Hall–Kier alpha value is -1.58. The molecule has 0 N–H and O–H groups in total. The van der Waals surface area contributed by atoms with Crippen molar-refractivity contribution in [2.24, 2.45) is 7.05 Å². The Bertz CT molecular complexity index is 367. The summed E-state index contributed by atoms with van der Waals surface area (Å²) in [4.78, 5) is 22.4. The zero-order valence-electron chi connectivity index (χ0n) is 7.61. The molecule has 70 valence electrons. The summed E-state index contributed by atoms with van der Waals surface area (Å²) in [6.07, 6.45) is 3.05. The quantitative estimate of drug-likeness (QED) is 0.626. The molecular weight excluding hydrogens is 170 g/mol. The summed E-state index contributed by atoms with van der Waals surface area (Å²) >= 11 is 0. The maximum Gasteiger partial charge on any atom is 0.343 e. The van der Waals surface area contributed by atoms with Gasteiger partial charge in [-0.2, -0.15) is 0 Å². The largest absolute Gasteiger partial charge is 0.462 e. The van der Waals surface area contributed by atoms with Gasteiger partial charge in [0.1, 0.15) is 5.56 Å². The standard InChI is InChI=1S/C9H11NO3/c1-3-13-9(12)7-6-10(2)5-4-8(7)11/h4-6H,3H2,1-2H3. The van der Waals surface area contributed by atoms with Gasteiger partial charge >= 0.3 is 5.97 Å². The van der Waals surface area contributed by atoms with Crippen LogP contribution in [-0.2, 0) is 11.8 Å². The summed E-state index contributed by atoms with van der Waals surface area (Å²) in [6.45, 7) is 1.97. The molecule has 0 radical (unpaired) electrons. The molecule has 0 aliphatic rings. The maximum absolute atomic E-state index is 11.2. The van der Waals surface area contributed by atoms with Gasteiger partial charge in [-0.3, -0.25) is 4.79 Å². The third-order valence-electron chi connectivity index (χ3n) is 1.55. The van der Waals surface area contributed by atoms with Crippen LogP contribution in [0, 0.1) is 0 Å². The second kappa shape index (κ2) is 3.89. The molecule has 0 spiro atoms. The summed E-state index contributed by atoms with van der Waals surface area (Å²) in [5.41, 5.74) is -0.233. The molecule has 0 bridgehead atoms. The van der Waals surface area contributed by atoms with Gasteiger partial charge in [-0.25, -0.2) is 4.79 Å². The van der Waals surface area contributed by atoms with Crippen LogP contribution in [0.15, 0.2) is 23.3 Å². The van der Waals surface area contributed by atoms with Crippen LogP contribution in [0.3, 0.4) is 0 Å². The Morgan fingerprint density at radius 1 is 1.62 bits per heavy atom. The van der Waals surface area contributed by atoms with Crippen molar-refractivity contribution < 1.29 is 9.53 Å². The van der Waals surface area contributed by atoms with Crippen LogP contribution >= 0.6 is 0 Å². The number of rotatable bonds is 2. The van der Waals surface area contributed by atoms with E-state index in [0.29, 0.717) is 0 Å². The zero-order valence-corrected chi connectivity index (χ0v) is 7.61. The van der Waals surface area contributed by atoms with Crippen molar-refractivity contribution in [3.8, 4) is 0 Å². The molecule has 0 aliphatic heterocycles. The van der Waals surface area contributed by atoms with E-state index in [4.69, 9.17) is 4.74 Å². The molecule has 1 heterocycles. The highest BCUT2D eigenvalue weighted by molar-refractivity contribution is 5.88. The van der Waals surface area contributed by atoms with Gasteiger partial charge in [0.15, 0.2) is 5.43 Å². The number of esters is 1. The molecular formula is C9H11NO3. The van der Waals surface area contributed by atoms with Crippen LogP contribution in [0.1, 0.15) is 17.3 Å². The highest BCUT2D eigenvalue weighted by Crippen LogP contribution is 1.94. The summed E-state index contributed by atoms with van der Waals surface area (Å²) < 4.78 is 6.34. The minimum absolute atomic E-state index is 0.0758. The number of carbonyl (C=O) groups excluding carboxylic acids is 1. The van der Waals surface area contributed by atoms with E-state index in [9.17, 15) is 9.59 Å². The van der Waals surface area contributed by atoms with Gasteiger partial charge in [0.25, 0.3) is 0 Å². The van der Waals surface area contributed by atoms with E-state index in [-0.39, 0.29) is 17.6 Å². The summed E-state index contributed by atoms with van der Waals surface area (Å²) in [5.74, 6) is -0.566. The third kappa shape index (κ3) is 2.18. The monoisotopic (exact) mass is 181 g/mol. The molecule has 0 fully saturated rings. The first-order valence-electron chi connectivity index (χ1n) is 3.98. The molecule has 0 atom stereocenters. The van der Waals surface area contributed by atoms with Gasteiger partial charge in [0.2, 0.25) is 0 Å². The molecule has 4 nitrogen and oxygen atoms in total. The predicted molar refractivity (Wildman–Crippen MR) is 47.6 cm³/mol. The van der Waals surface area contributed by atoms with Crippen molar-refractivity contribution in [2.45, 2.75) is 6.92 Å². The fourth-order valence-electron chi connectivity index (χ4n) is 0.947. The molecule has 1 rings (SSSR count). The minimum Gasteiger partial charge on any atom is -0.462 e. The minimum atomic E-state index is -0.566. The van der Waals surface area contributed by atoms with E-state index in [1.807, 2.05) is 0 Å². The van der Waals surface area contributed by atoms with Crippen molar-refractivity contribution >= 4 is 5.97 Å². The Labute approximate surface area is 75.8 Å². The molecule has 1 aromatic rings. The average Bonchev–Trinajstić information content (AvgIpc) is 2.09. The molecule has 0 saturated carbocycles. The van der Waals surface area contributed by atoms with Gasteiger partial charge < -0.3 is 9.30 Å². The van der Waals surface area contributed by atoms with Crippen molar-refractivity contribution in [2.75, 3.05) is 6.61 Å².